The summed E-state index contributed by atoms with van der Waals surface area (Å²) < 4.78 is 26.0. The van der Waals surface area contributed by atoms with Gasteiger partial charge in [-0.15, -0.1) is 0 Å². The summed E-state index contributed by atoms with van der Waals surface area (Å²) in [5.41, 5.74) is 5.60. The van der Waals surface area contributed by atoms with Crippen LogP contribution < -0.4 is 14.2 Å². The molecule has 3 heterocycles. The quantitative estimate of drug-likeness (QED) is 0.253. The van der Waals surface area contributed by atoms with Gasteiger partial charge in [-0.25, -0.2) is 0 Å². The van der Waals surface area contributed by atoms with Crippen molar-refractivity contribution in [1.29, 1.82) is 0 Å². The lowest BCUT2D eigenvalue weighted by Gasteiger charge is -2.32. The molecule has 2 saturated heterocycles. The van der Waals surface area contributed by atoms with E-state index in [1.165, 1.54) is 12.0 Å². The minimum atomic E-state index is -0.246. The zero-order chi connectivity index (χ0) is 28.3. The molecule has 0 N–H and O–H groups in total. The second-order valence-electron chi connectivity index (χ2n) is 11.7. The van der Waals surface area contributed by atoms with E-state index >= 15 is 0 Å². The van der Waals surface area contributed by atoms with Crippen LogP contribution in [0.2, 0.25) is 0 Å². The Kier molecular flexibility index (Phi) is 8.71. The summed E-state index contributed by atoms with van der Waals surface area (Å²) in [7, 11) is 0. The summed E-state index contributed by atoms with van der Waals surface area (Å²) in [4.78, 5) is 2.53. The van der Waals surface area contributed by atoms with Crippen LogP contribution in [-0.2, 0) is 4.74 Å². The van der Waals surface area contributed by atoms with Crippen molar-refractivity contribution in [3.8, 4) is 17.2 Å². The lowest BCUT2D eigenvalue weighted by atomic mass is 9.86. The lowest BCUT2D eigenvalue weighted by Crippen LogP contribution is -2.35. The number of hydrogen-bond acceptors (Lipinski definition) is 5. The van der Waals surface area contributed by atoms with Gasteiger partial charge in [-0.2, -0.15) is 0 Å². The van der Waals surface area contributed by atoms with E-state index in [0.717, 1.165) is 88.9 Å². The number of halogens is 1. The van der Waals surface area contributed by atoms with Crippen LogP contribution >= 0.6 is 15.9 Å². The summed E-state index contributed by atoms with van der Waals surface area (Å²) >= 11 is 3.67. The molecule has 2 fully saturated rings. The molecule has 0 saturated carbocycles. The third-order valence-corrected chi connectivity index (χ3v) is 9.05. The summed E-state index contributed by atoms with van der Waals surface area (Å²) in [6.45, 7) is 10.5. The van der Waals surface area contributed by atoms with Crippen LogP contribution in [0.15, 0.2) is 71.2 Å². The molecular formula is C35H40BrNO4. The van der Waals surface area contributed by atoms with Crippen molar-refractivity contribution >= 4 is 27.1 Å². The van der Waals surface area contributed by atoms with Gasteiger partial charge >= 0.3 is 0 Å². The number of nitrogens with zero attached hydrogens (tertiary/aromatic N) is 1. The molecule has 4 atom stereocenters. The molecule has 6 rings (SSSR count). The SMILES string of the molecule is CC1=C(c2cccc(Br)c2)C(c2ccc(OC[C@H](C)N3CCC(C)C3)cc2)Oc2ccc(OC3CCCCO3)cc21. The molecule has 0 spiro atoms. The first kappa shape index (κ1) is 28.3. The topological polar surface area (TPSA) is 40.2 Å². The number of allylic oxidation sites excluding steroid dienone is 1. The number of ether oxygens (including phenoxy) is 4. The largest absolute Gasteiger partial charge is 0.492 e. The maximum atomic E-state index is 6.75. The van der Waals surface area contributed by atoms with Gasteiger partial charge in [-0.1, -0.05) is 47.1 Å². The van der Waals surface area contributed by atoms with E-state index in [2.05, 4.69) is 96.2 Å². The van der Waals surface area contributed by atoms with Crippen LogP contribution in [0.25, 0.3) is 11.1 Å². The zero-order valence-corrected chi connectivity index (χ0v) is 25.9. The Morgan fingerprint density at radius 1 is 1.00 bits per heavy atom. The van der Waals surface area contributed by atoms with E-state index in [1.54, 1.807) is 0 Å². The van der Waals surface area contributed by atoms with E-state index < -0.39 is 0 Å². The summed E-state index contributed by atoms with van der Waals surface area (Å²) in [5.74, 6) is 3.33. The highest BCUT2D eigenvalue weighted by atomic mass is 79.9. The third-order valence-electron chi connectivity index (χ3n) is 8.56. The maximum Gasteiger partial charge on any atom is 0.199 e. The Balaban J connectivity index is 1.25. The highest BCUT2D eigenvalue weighted by molar-refractivity contribution is 9.10. The van der Waals surface area contributed by atoms with E-state index in [4.69, 9.17) is 18.9 Å². The molecule has 3 unspecified atom stereocenters. The smallest absolute Gasteiger partial charge is 0.199 e. The molecule has 3 aromatic rings. The third kappa shape index (κ3) is 6.50. The van der Waals surface area contributed by atoms with Crippen LogP contribution in [0.1, 0.15) is 69.2 Å². The number of rotatable bonds is 8. The molecule has 0 radical (unpaired) electrons. The van der Waals surface area contributed by atoms with Crippen LogP contribution in [0.5, 0.6) is 17.2 Å². The first-order valence-corrected chi connectivity index (χ1v) is 15.8. The minimum absolute atomic E-state index is 0.185. The van der Waals surface area contributed by atoms with Gasteiger partial charge in [0.2, 0.25) is 0 Å². The van der Waals surface area contributed by atoms with Gasteiger partial charge in [0, 0.05) is 34.6 Å². The van der Waals surface area contributed by atoms with Crippen molar-refractivity contribution < 1.29 is 18.9 Å². The van der Waals surface area contributed by atoms with Crippen molar-refractivity contribution in [1.82, 2.24) is 4.90 Å². The van der Waals surface area contributed by atoms with Crippen molar-refractivity contribution in [3.05, 3.63) is 87.9 Å². The number of fused-ring (bicyclic) bond motifs is 1. The molecule has 3 aliphatic rings. The molecule has 3 aliphatic heterocycles. The van der Waals surface area contributed by atoms with Gasteiger partial charge in [0.1, 0.15) is 30.0 Å². The van der Waals surface area contributed by atoms with Gasteiger partial charge in [0.15, 0.2) is 6.29 Å². The van der Waals surface area contributed by atoms with Gasteiger partial charge in [0.25, 0.3) is 0 Å². The van der Waals surface area contributed by atoms with Crippen LogP contribution in [0, 0.1) is 5.92 Å². The fourth-order valence-corrected chi connectivity index (χ4v) is 6.55. The highest BCUT2D eigenvalue weighted by Crippen LogP contribution is 2.48. The van der Waals surface area contributed by atoms with Gasteiger partial charge in [-0.3, -0.25) is 4.90 Å². The molecule has 6 heteroatoms. The van der Waals surface area contributed by atoms with E-state index in [-0.39, 0.29) is 12.4 Å². The Hall–Kier alpha value is -2.80. The summed E-state index contributed by atoms with van der Waals surface area (Å²) in [5, 5.41) is 0. The highest BCUT2D eigenvalue weighted by Gasteiger charge is 2.30. The Morgan fingerprint density at radius 3 is 2.56 bits per heavy atom. The van der Waals surface area contributed by atoms with E-state index in [9.17, 15) is 0 Å². The predicted molar refractivity (Wildman–Crippen MR) is 167 cm³/mol. The Morgan fingerprint density at radius 2 is 1.83 bits per heavy atom. The first-order chi connectivity index (χ1) is 19.9. The monoisotopic (exact) mass is 617 g/mol. The van der Waals surface area contributed by atoms with Crippen LogP contribution in [-0.4, -0.2) is 43.5 Å². The van der Waals surface area contributed by atoms with Crippen molar-refractivity contribution in [2.24, 2.45) is 5.92 Å². The fraction of sp³-hybridized carbons (Fsp3) is 0.429. The van der Waals surface area contributed by atoms with Gasteiger partial charge < -0.3 is 18.9 Å². The molecule has 0 aromatic heterocycles. The Labute approximate surface area is 252 Å². The molecule has 0 aliphatic carbocycles. The normalized spacial score (nSPS) is 23.6. The van der Waals surface area contributed by atoms with Gasteiger partial charge in [0.05, 0.1) is 6.61 Å². The van der Waals surface area contributed by atoms with E-state index in [1.807, 2.05) is 12.1 Å². The molecule has 0 bridgehead atoms. The van der Waals surface area contributed by atoms with Crippen LogP contribution in [0.3, 0.4) is 0 Å². The van der Waals surface area contributed by atoms with Crippen molar-refractivity contribution in [2.45, 2.75) is 64.9 Å². The zero-order valence-electron chi connectivity index (χ0n) is 24.3. The molecule has 0 amide bonds. The number of hydrogen-bond donors (Lipinski definition) is 0. The average Bonchev–Trinajstić information content (AvgIpc) is 3.43. The summed E-state index contributed by atoms with van der Waals surface area (Å²) in [6.07, 6.45) is 4.00. The first-order valence-electron chi connectivity index (χ1n) is 15.0. The summed E-state index contributed by atoms with van der Waals surface area (Å²) in [6, 6.07) is 23.4. The lowest BCUT2D eigenvalue weighted by molar-refractivity contribution is -0.105. The van der Waals surface area contributed by atoms with E-state index in [0.29, 0.717) is 12.6 Å². The predicted octanol–water partition coefficient (Wildman–Crippen LogP) is 8.53. The molecular weight excluding hydrogens is 578 g/mol. The van der Waals surface area contributed by atoms with Crippen LogP contribution in [0.4, 0.5) is 0 Å². The number of likely N-dealkylation sites (tertiary alicyclic amines) is 1. The standard InChI is InChI=1S/C35H40BrNO4/c1-23-16-17-37(21-23)24(2)22-39-29-12-10-26(11-13-29)35-34(27-7-6-8-28(36)19-27)25(3)31-20-30(14-15-32(31)41-35)40-33-9-4-5-18-38-33/h6-8,10-15,19-20,23-24,33,35H,4-5,9,16-18,21-22H2,1-3H3/t23?,24-,33?,35?/m0/s1. The number of benzene rings is 3. The van der Waals surface area contributed by atoms with Crippen molar-refractivity contribution in [3.63, 3.8) is 0 Å². The van der Waals surface area contributed by atoms with Crippen molar-refractivity contribution in [2.75, 3.05) is 26.3 Å². The minimum Gasteiger partial charge on any atom is -0.492 e. The molecule has 216 valence electrons. The average molecular weight is 619 g/mol. The molecule has 41 heavy (non-hydrogen) atoms. The van der Waals surface area contributed by atoms with Gasteiger partial charge in [-0.05, 0) is 105 Å². The Bertz CT molecular complexity index is 1380. The second-order valence-corrected chi connectivity index (χ2v) is 12.7. The fourth-order valence-electron chi connectivity index (χ4n) is 6.15. The molecule has 5 nitrogen and oxygen atoms in total. The maximum absolute atomic E-state index is 6.75. The second kappa shape index (κ2) is 12.6. The molecule has 3 aromatic carbocycles.